The number of carbonyl (C=O) groups is 1. The fourth-order valence-electron chi connectivity index (χ4n) is 2.05. The van der Waals surface area contributed by atoms with Crippen LogP contribution in [0.4, 0.5) is 5.69 Å². The zero-order valence-corrected chi connectivity index (χ0v) is 9.25. The molecule has 1 aromatic rings. The van der Waals surface area contributed by atoms with Crippen LogP contribution in [0, 0.1) is 0 Å². The molecule has 0 radical (unpaired) electrons. The molecule has 0 bridgehead atoms. The van der Waals surface area contributed by atoms with Crippen molar-refractivity contribution in [3.63, 3.8) is 0 Å². The minimum Gasteiger partial charge on any atom is -0.385 e. The molecule has 1 heterocycles. The number of rotatable bonds is 4. The molecule has 0 saturated carbocycles. The number of benzene rings is 1. The van der Waals surface area contributed by atoms with Gasteiger partial charge in [-0.25, -0.2) is 0 Å². The number of primary amides is 1. The van der Waals surface area contributed by atoms with Crippen molar-refractivity contribution in [3.8, 4) is 0 Å². The molecule has 1 aromatic carbocycles. The van der Waals surface area contributed by atoms with Crippen LogP contribution in [0.2, 0.25) is 0 Å². The molecule has 1 aliphatic heterocycles. The Morgan fingerprint density at radius 2 is 2.38 bits per heavy atom. The van der Waals surface area contributed by atoms with Crippen molar-refractivity contribution in [1.82, 2.24) is 5.32 Å². The molecule has 0 unspecified atom stereocenters. The van der Waals surface area contributed by atoms with E-state index >= 15 is 0 Å². The van der Waals surface area contributed by atoms with E-state index in [1.807, 2.05) is 0 Å². The molecule has 0 aromatic heterocycles. The van der Waals surface area contributed by atoms with E-state index in [1.165, 1.54) is 23.2 Å². The van der Waals surface area contributed by atoms with Crippen LogP contribution < -0.4 is 16.4 Å². The first-order chi connectivity index (χ1) is 7.77. The van der Waals surface area contributed by atoms with Gasteiger partial charge in [-0.15, -0.1) is 0 Å². The molecule has 4 nitrogen and oxygen atoms in total. The van der Waals surface area contributed by atoms with Crippen LogP contribution in [0.15, 0.2) is 18.2 Å². The van der Waals surface area contributed by atoms with Crippen molar-refractivity contribution in [2.45, 2.75) is 19.4 Å². The van der Waals surface area contributed by atoms with Crippen LogP contribution in [0.25, 0.3) is 0 Å². The lowest BCUT2D eigenvalue weighted by Gasteiger charge is -2.21. The van der Waals surface area contributed by atoms with Gasteiger partial charge in [0.2, 0.25) is 5.91 Å². The van der Waals surface area contributed by atoms with Gasteiger partial charge in [-0.1, -0.05) is 18.2 Å². The topological polar surface area (TPSA) is 67.2 Å². The summed E-state index contributed by atoms with van der Waals surface area (Å²) >= 11 is 0. The van der Waals surface area contributed by atoms with E-state index in [2.05, 4.69) is 28.8 Å². The highest BCUT2D eigenvalue weighted by Crippen LogP contribution is 2.25. The Morgan fingerprint density at radius 3 is 3.19 bits per heavy atom. The van der Waals surface area contributed by atoms with Gasteiger partial charge < -0.3 is 16.4 Å². The number of nitrogens with one attached hydrogen (secondary N) is 2. The lowest BCUT2D eigenvalue weighted by molar-refractivity contribution is -0.117. The molecule has 0 aliphatic carbocycles. The van der Waals surface area contributed by atoms with E-state index in [0.29, 0.717) is 6.54 Å². The molecule has 0 saturated heterocycles. The van der Waals surface area contributed by atoms with E-state index < -0.39 is 0 Å². The number of para-hydroxylation sites is 1. The smallest absolute Gasteiger partial charge is 0.231 e. The van der Waals surface area contributed by atoms with E-state index in [0.717, 1.165) is 13.0 Å². The average molecular weight is 219 g/mol. The second-order valence-corrected chi connectivity index (χ2v) is 4.05. The molecule has 16 heavy (non-hydrogen) atoms. The Morgan fingerprint density at radius 1 is 1.50 bits per heavy atom. The predicted octanol–water partition coefficient (Wildman–Crippen LogP) is 0.620. The summed E-state index contributed by atoms with van der Waals surface area (Å²) in [4.78, 5) is 10.6. The van der Waals surface area contributed by atoms with Gasteiger partial charge in [0.25, 0.3) is 0 Å². The van der Waals surface area contributed by atoms with Gasteiger partial charge in [-0.05, 0) is 24.0 Å². The van der Waals surface area contributed by atoms with E-state index in [-0.39, 0.29) is 12.5 Å². The molecule has 86 valence electrons. The third-order valence-electron chi connectivity index (χ3n) is 2.78. The van der Waals surface area contributed by atoms with E-state index in [4.69, 9.17) is 5.73 Å². The summed E-state index contributed by atoms with van der Waals surface area (Å²) in [6, 6.07) is 6.29. The van der Waals surface area contributed by atoms with Crippen molar-refractivity contribution in [3.05, 3.63) is 29.3 Å². The summed E-state index contributed by atoms with van der Waals surface area (Å²) in [5.74, 6) is -0.322. The van der Waals surface area contributed by atoms with Crippen molar-refractivity contribution in [2.75, 3.05) is 18.4 Å². The van der Waals surface area contributed by atoms with Gasteiger partial charge in [-0.3, -0.25) is 4.79 Å². The normalized spacial score (nSPS) is 14.0. The Kier molecular flexibility index (Phi) is 3.41. The predicted molar refractivity (Wildman–Crippen MR) is 64.2 cm³/mol. The van der Waals surface area contributed by atoms with Crippen molar-refractivity contribution in [2.24, 2.45) is 5.73 Å². The number of hydrogen-bond donors (Lipinski definition) is 3. The number of anilines is 1. The van der Waals surface area contributed by atoms with Gasteiger partial charge in [0.05, 0.1) is 6.54 Å². The Balaban J connectivity index is 2.05. The van der Waals surface area contributed by atoms with Crippen LogP contribution in [0.3, 0.4) is 0 Å². The van der Waals surface area contributed by atoms with Gasteiger partial charge in [-0.2, -0.15) is 0 Å². The highest BCUT2D eigenvalue weighted by molar-refractivity contribution is 5.75. The monoisotopic (exact) mass is 219 g/mol. The van der Waals surface area contributed by atoms with E-state index in [1.54, 1.807) is 0 Å². The molecule has 1 aliphatic rings. The third-order valence-corrected chi connectivity index (χ3v) is 2.78. The molecular weight excluding hydrogens is 202 g/mol. The van der Waals surface area contributed by atoms with Crippen LogP contribution in [-0.2, 0) is 17.8 Å². The summed E-state index contributed by atoms with van der Waals surface area (Å²) in [5.41, 5.74) is 8.88. The summed E-state index contributed by atoms with van der Waals surface area (Å²) in [5, 5.41) is 6.45. The Labute approximate surface area is 95.2 Å². The third kappa shape index (κ3) is 2.52. The molecule has 1 amide bonds. The lowest BCUT2D eigenvalue weighted by Crippen LogP contribution is -2.28. The minimum absolute atomic E-state index is 0.226. The zero-order valence-electron chi connectivity index (χ0n) is 9.25. The van der Waals surface area contributed by atoms with Crippen LogP contribution in [0.5, 0.6) is 0 Å². The summed E-state index contributed by atoms with van der Waals surface area (Å²) in [6.45, 7) is 1.93. The highest BCUT2D eigenvalue weighted by atomic mass is 16.1. The Hall–Kier alpha value is -1.55. The molecule has 0 spiro atoms. The van der Waals surface area contributed by atoms with Crippen molar-refractivity contribution < 1.29 is 4.79 Å². The molecular formula is C12H17N3O. The first kappa shape index (κ1) is 11.0. The highest BCUT2D eigenvalue weighted by Gasteiger charge is 2.11. The minimum atomic E-state index is -0.322. The largest absolute Gasteiger partial charge is 0.385 e. The average Bonchev–Trinajstić information content (AvgIpc) is 2.29. The number of fused-ring (bicyclic) bond motifs is 1. The standard InChI is InChI=1S/C12H17N3O/c13-11(16)8-14-7-10-4-1-3-9-5-2-6-15-12(9)10/h1,3-4,14-15H,2,5-8H2,(H2,13,16). The maximum atomic E-state index is 10.6. The first-order valence-electron chi connectivity index (χ1n) is 5.61. The van der Waals surface area contributed by atoms with E-state index in [9.17, 15) is 4.79 Å². The first-order valence-corrected chi connectivity index (χ1v) is 5.61. The zero-order chi connectivity index (χ0) is 11.4. The number of amides is 1. The van der Waals surface area contributed by atoms with Gasteiger partial charge in [0.15, 0.2) is 0 Å². The van der Waals surface area contributed by atoms with Gasteiger partial charge >= 0.3 is 0 Å². The molecule has 4 heteroatoms. The Bertz CT molecular complexity index is 390. The molecule has 0 fully saturated rings. The van der Waals surface area contributed by atoms with Gasteiger partial charge in [0.1, 0.15) is 0 Å². The fraction of sp³-hybridized carbons (Fsp3) is 0.417. The molecule has 0 atom stereocenters. The molecule has 4 N–H and O–H groups in total. The number of hydrogen-bond acceptors (Lipinski definition) is 3. The van der Waals surface area contributed by atoms with Gasteiger partial charge in [0, 0.05) is 18.8 Å². The number of carbonyl (C=O) groups excluding carboxylic acids is 1. The van der Waals surface area contributed by atoms with Crippen molar-refractivity contribution >= 4 is 11.6 Å². The lowest BCUT2D eigenvalue weighted by atomic mass is 9.99. The quantitative estimate of drug-likeness (QED) is 0.695. The number of nitrogens with two attached hydrogens (primary N) is 1. The maximum Gasteiger partial charge on any atom is 0.231 e. The van der Waals surface area contributed by atoms with Crippen LogP contribution in [0.1, 0.15) is 17.5 Å². The summed E-state index contributed by atoms with van der Waals surface area (Å²) in [7, 11) is 0. The summed E-state index contributed by atoms with van der Waals surface area (Å²) in [6.07, 6.45) is 2.32. The SMILES string of the molecule is NC(=O)CNCc1cccc2c1NCCC2. The number of aryl methyl sites for hydroxylation is 1. The fourth-order valence-corrected chi connectivity index (χ4v) is 2.05. The summed E-state index contributed by atoms with van der Waals surface area (Å²) < 4.78 is 0. The van der Waals surface area contributed by atoms with Crippen molar-refractivity contribution in [1.29, 1.82) is 0 Å². The second-order valence-electron chi connectivity index (χ2n) is 4.05. The van der Waals surface area contributed by atoms with Crippen LogP contribution in [-0.4, -0.2) is 19.0 Å². The van der Waals surface area contributed by atoms with Crippen LogP contribution >= 0.6 is 0 Å². The maximum absolute atomic E-state index is 10.6. The molecule has 2 rings (SSSR count). The second kappa shape index (κ2) is 4.99.